The van der Waals surface area contributed by atoms with Crippen LogP contribution in [0.4, 0.5) is 0 Å². The number of ketones is 1. The van der Waals surface area contributed by atoms with Crippen molar-refractivity contribution in [2.24, 2.45) is 0 Å². The highest BCUT2D eigenvalue weighted by atomic mass is 32.2. The van der Waals surface area contributed by atoms with Gasteiger partial charge in [0.25, 0.3) is 0 Å². The number of carbonyl (C=O) groups is 1. The van der Waals surface area contributed by atoms with Gasteiger partial charge in [0.2, 0.25) is 0 Å². The summed E-state index contributed by atoms with van der Waals surface area (Å²) in [6.07, 6.45) is 4.15. The Bertz CT molecular complexity index is 448. The molecule has 4 heteroatoms. The third kappa shape index (κ3) is 3.98. The topological polar surface area (TPSA) is 29.5 Å². The Kier molecular flexibility index (Phi) is 5.28. The fraction of sp³-hybridized carbons (Fsp3) is 0.533. The molecule has 0 saturated carbocycles. The van der Waals surface area contributed by atoms with E-state index in [-0.39, 0.29) is 5.78 Å². The second-order valence-electron chi connectivity index (χ2n) is 4.93. The van der Waals surface area contributed by atoms with E-state index in [0.717, 1.165) is 48.6 Å². The summed E-state index contributed by atoms with van der Waals surface area (Å²) < 4.78 is 5.46. The summed E-state index contributed by atoms with van der Waals surface area (Å²) in [4.78, 5) is 14.3. The normalized spacial score (nSPS) is 13.4. The number of thioether (sulfide) groups is 1. The van der Waals surface area contributed by atoms with E-state index in [0.29, 0.717) is 6.54 Å². The van der Waals surface area contributed by atoms with E-state index < -0.39 is 0 Å². The minimum absolute atomic E-state index is 0.196. The molecule has 0 radical (unpaired) electrons. The van der Waals surface area contributed by atoms with E-state index in [2.05, 4.69) is 11.2 Å². The van der Waals surface area contributed by atoms with Crippen molar-refractivity contribution in [1.29, 1.82) is 0 Å². The number of benzene rings is 1. The summed E-state index contributed by atoms with van der Waals surface area (Å²) >= 11 is 1.85. The summed E-state index contributed by atoms with van der Waals surface area (Å²) in [5, 5.41) is 0. The lowest BCUT2D eigenvalue weighted by molar-refractivity contribution is 0.0946. The van der Waals surface area contributed by atoms with Crippen LogP contribution >= 0.6 is 11.8 Å². The van der Waals surface area contributed by atoms with Crippen molar-refractivity contribution in [1.82, 2.24) is 4.90 Å². The van der Waals surface area contributed by atoms with Gasteiger partial charge in [-0.25, -0.2) is 0 Å². The smallest absolute Gasteiger partial charge is 0.176 e. The first-order valence-electron chi connectivity index (χ1n) is 6.67. The number of carbonyl (C=O) groups excluding carboxylic acids is 1. The van der Waals surface area contributed by atoms with Crippen molar-refractivity contribution in [2.45, 2.75) is 12.8 Å². The van der Waals surface area contributed by atoms with Crippen molar-refractivity contribution in [3.63, 3.8) is 0 Å². The number of hydrogen-bond acceptors (Lipinski definition) is 4. The zero-order valence-electron chi connectivity index (χ0n) is 11.6. The molecule has 3 nitrogen and oxygen atoms in total. The van der Waals surface area contributed by atoms with E-state index in [1.54, 1.807) is 0 Å². The Morgan fingerprint density at radius 1 is 1.47 bits per heavy atom. The van der Waals surface area contributed by atoms with Crippen LogP contribution in [0.25, 0.3) is 0 Å². The van der Waals surface area contributed by atoms with Crippen molar-refractivity contribution in [3.05, 3.63) is 29.3 Å². The molecule has 1 aromatic carbocycles. The van der Waals surface area contributed by atoms with Crippen LogP contribution in [0.2, 0.25) is 0 Å². The third-order valence-electron chi connectivity index (χ3n) is 3.31. The molecule has 1 heterocycles. The number of Topliss-reactive ketones (excluding diaryl/α,β-unsaturated/α-hetero) is 1. The van der Waals surface area contributed by atoms with Gasteiger partial charge in [0.05, 0.1) is 13.2 Å². The van der Waals surface area contributed by atoms with Gasteiger partial charge in [-0.05, 0) is 55.8 Å². The van der Waals surface area contributed by atoms with Crippen LogP contribution in [0.5, 0.6) is 5.75 Å². The molecule has 19 heavy (non-hydrogen) atoms. The van der Waals surface area contributed by atoms with E-state index in [1.165, 1.54) is 0 Å². The SMILES string of the molecule is CSCCCN(C)CC(=O)c1ccc2c(c1)CCO2. The lowest BCUT2D eigenvalue weighted by Crippen LogP contribution is -2.27. The highest BCUT2D eigenvalue weighted by molar-refractivity contribution is 7.98. The third-order valence-corrected chi connectivity index (χ3v) is 4.01. The standard InChI is InChI=1S/C15H21NO2S/c1-16(7-3-9-19-2)11-14(17)12-4-5-15-13(10-12)6-8-18-15/h4-5,10H,3,6-9,11H2,1-2H3. The summed E-state index contributed by atoms with van der Waals surface area (Å²) in [5.41, 5.74) is 1.97. The lowest BCUT2D eigenvalue weighted by atomic mass is 10.1. The van der Waals surface area contributed by atoms with Gasteiger partial charge in [0.15, 0.2) is 5.78 Å². The summed E-state index contributed by atoms with van der Waals surface area (Å²) in [6, 6.07) is 5.78. The largest absolute Gasteiger partial charge is 0.493 e. The molecular weight excluding hydrogens is 258 g/mol. The first kappa shape index (κ1) is 14.4. The van der Waals surface area contributed by atoms with Gasteiger partial charge in [-0.3, -0.25) is 9.69 Å². The minimum atomic E-state index is 0.196. The summed E-state index contributed by atoms with van der Waals surface area (Å²) in [5.74, 6) is 2.28. The lowest BCUT2D eigenvalue weighted by Gasteiger charge is -2.15. The molecule has 1 aliphatic heterocycles. The van der Waals surface area contributed by atoms with Gasteiger partial charge in [0, 0.05) is 12.0 Å². The van der Waals surface area contributed by atoms with E-state index in [1.807, 2.05) is 37.0 Å². The van der Waals surface area contributed by atoms with Gasteiger partial charge < -0.3 is 4.74 Å². The summed E-state index contributed by atoms with van der Waals surface area (Å²) in [6.45, 7) is 2.20. The van der Waals surface area contributed by atoms with Crippen LogP contribution in [0.1, 0.15) is 22.3 Å². The minimum Gasteiger partial charge on any atom is -0.493 e. The number of fused-ring (bicyclic) bond motifs is 1. The van der Waals surface area contributed by atoms with Crippen LogP contribution < -0.4 is 4.74 Å². The van der Waals surface area contributed by atoms with E-state index >= 15 is 0 Å². The van der Waals surface area contributed by atoms with Crippen molar-refractivity contribution < 1.29 is 9.53 Å². The molecule has 0 spiro atoms. The Morgan fingerprint density at radius 3 is 3.11 bits per heavy atom. The molecule has 0 amide bonds. The molecule has 104 valence electrons. The highest BCUT2D eigenvalue weighted by Crippen LogP contribution is 2.26. The maximum absolute atomic E-state index is 12.2. The van der Waals surface area contributed by atoms with Gasteiger partial charge in [-0.1, -0.05) is 0 Å². The van der Waals surface area contributed by atoms with E-state index in [9.17, 15) is 4.79 Å². The Hall–Kier alpha value is -1.00. The molecule has 2 rings (SSSR count). The fourth-order valence-corrected chi connectivity index (χ4v) is 2.67. The second-order valence-corrected chi connectivity index (χ2v) is 5.91. The summed E-state index contributed by atoms with van der Waals surface area (Å²) in [7, 11) is 2.01. The molecule has 0 saturated heterocycles. The molecule has 1 aromatic rings. The molecule has 0 atom stereocenters. The molecule has 0 bridgehead atoms. The number of likely N-dealkylation sites (N-methyl/N-ethyl adjacent to an activating group) is 1. The average Bonchev–Trinajstić information content (AvgIpc) is 2.86. The second kappa shape index (κ2) is 6.96. The Balaban J connectivity index is 1.89. The van der Waals surface area contributed by atoms with Gasteiger partial charge in [0.1, 0.15) is 5.75 Å². The molecule has 0 N–H and O–H groups in total. The first-order chi connectivity index (χ1) is 9.20. The number of nitrogens with zero attached hydrogens (tertiary/aromatic N) is 1. The van der Waals surface area contributed by atoms with Gasteiger partial charge in [-0.15, -0.1) is 0 Å². The highest BCUT2D eigenvalue weighted by Gasteiger charge is 2.15. The maximum Gasteiger partial charge on any atom is 0.176 e. The fourth-order valence-electron chi connectivity index (χ4n) is 2.25. The molecule has 0 aromatic heterocycles. The van der Waals surface area contributed by atoms with Crippen LogP contribution in [-0.4, -0.2) is 49.4 Å². The predicted octanol–water partition coefficient (Wildman–Crippen LogP) is 2.49. The zero-order chi connectivity index (χ0) is 13.7. The zero-order valence-corrected chi connectivity index (χ0v) is 12.5. The molecule has 0 aliphatic carbocycles. The van der Waals surface area contributed by atoms with Crippen molar-refractivity contribution >= 4 is 17.5 Å². The van der Waals surface area contributed by atoms with Crippen LogP contribution in [-0.2, 0) is 6.42 Å². The maximum atomic E-state index is 12.2. The van der Waals surface area contributed by atoms with Crippen LogP contribution in [0.3, 0.4) is 0 Å². The molecule has 0 fully saturated rings. The quantitative estimate of drug-likeness (QED) is 0.566. The average molecular weight is 279 g/mol. The first-order valence-corrected chi connectivity index (χ1v) is 8.06. The Morgan fingerprint density at radius 2 is 2.32 bits per heavy atom. The molecule has 0 unspecified atom stereocenters. The van der Waals surface area contributed by atoms with Gasteiger partial charge in [-0.2, -0.15) is 11.8 Å². The van der Waals surface area contributed by atoms with E-state index in [4.69, 9.17) is 4.74 Å². The number of rotatable bonds is 7. The number of hydrogen-bond donors (Lipinski definition) is 0. The van der Waals surface area contributed by atoms with Gasteiger partial charge >= 0.3 is 0 Å². The predicted molar refractivity (Wildman–Crippen MR) is 80.5 cm³/mol. The van der Waals surface area contributed by atoms with Crippen molar-refractivity contribution in [2.75, 3.05) is 38.8 Å². The molecule has 1 aliphatic rings. The Labute approximate surface area is 119 Å². The van der Waals surface area contributed by atoms with Crippen LogP contribution in [0, 0.1) is 0 Å². The molecular formula is C15H21NO2S. The monoisotopic (exact) mass is 279 g/mol. The number of ether oxygens (including phenoxy) is 1. The van der Waals surface area contributed by atoms with Crippen LogP contribution in [0.15, 0.2) is 18.2 Å². The van der Waals surface area contributed by atoms with Crippen molar-refractivity contribution in [3.8, 4) is 5.75 Å².